The molecule has 0 unspecified atom stereocenters. The molecule has 0 amide bonds. The molecule has 0 bridgehead atoms. The Morgan fingerprint density at radius 3 is 1.67 bits per heavy atom. The van der Waals surface area contributed by atoms with E-state index in [1.54, 1.807) is 25.1 Å². The quantitative estimate of drug-likeness (QED) is 0.303. The number of hydrogen-bond acceptors (Lipinski definition) is 3. The zero-order chi connectivity index (χ0) is 12.7. The van der Waals surface area contributed by atoms with E-state index in [9.17, 15) is 4.79 Å². The number of ether oxygens (including phenoxy) is 1. The zero-order valence-corrected chi connectivity index (χ0v) is 9.32. The number of carbonyl (C=O) groups excluding carboxylic acids is 1. The highest BCUT2D eigenvalue weighted by Crippen LogP contribution is 1.87. The maximum Gasteiger partial charge on any atom is 0.332 e. The second kappa shape index (κ2) is 17.9. The first-order chi connectivity index (χ1) is 7.01. The Hall–Kier alpha value is -2.08. The summed E-state index contributed by atoms with van der Waals surface area (Å²) in [5, 5.41) is 7.51. The summed E-state index contributed by atoms with van der Waals surface area (Å²) < 4.78 is 4.27. The van der Waals surface area contributed by atoms with Crippen molar-refractivity contribution in [3.8, 4) is 6.07 Å². The number of nitrogens with zero attached hydrogens (tertiary/aromatic N) is 1. The van der Waals surface area contributed by atoms with Gasteiger partial charge in [-0.3, -0.25) is 0 Å². The van der Waals surface area contributed by atoms with Gasteiger partial charge < -0.3 is 4.74 Å². The molecule has 0 saturated carbocycles. The van der Waals surface area contributed by atoms with Crippen LogP contribution in [0.2, 0.25) is 0 Å². The fourth-order valence-electron chi connectivity index (χ4n) is 0.174. The Morgan fingerprint density at radius 1 is 1.33 bits per heavy atom. The van der Waals surface area contributed by atoms with Gasteiger partial charge >= 0.3 is 5.97 Å². The van der Waals surface area contributed by atoms with Crippen LogP contribution in [0.4, 0.5) is 0 Å². The highest BCUT2D eigenvalue weighted by molar-refractivity contribution is 5.86. The van der Waals surface area contributed by atoms with E-state index in [1.165, 1.54) is 13.2 Å². The Balaban J connectivity index is -0.000000155. The van der Waals surface area contributed by atoms with E-state index < -0.39 is 0 Å². The van der Waals surface area contributed by atoms with Gasteiger partial charge in [0, 0.05) is 11.6 Å². The van der Waals surface area contributed by atoms with Crippen molar-refractivity contribution in [1.29, 1.82) is 5.26 Å². The van der Waals surface area contributed by atoms with E-state index in [4.69, 9.17) is 5.26 Å². The third kappa shape index (κ3) is 33.5. The smallest absolute Gasteiger partial charge is 0.332 e. The average Bonchev–Trinajstić information content (AvgIpc) is 2.28. The molecule has 0 aliphatic heterocycles. The minimum atomic E-state index is -0.347. The zero-order valence-electron chi connectivity index (χ0n) is 9.32. The molecular weight excluding hydrogens is 190 g/mol. The van der Waals surface area contributed by atoms with Crippen molar-refractivity contribution in [3.63, 3.8) is 0 Å². The van der Waals surface area contributed by atoms with Gasteiger partial charge in [0.15, 0.2) is 0 Å². The summed E-state index contributed by atoms with van der Waals surface area (Å²) in [5.41, 5.74) is 0.433. The van der Waals surface area contributed by atoms with Crippen molar-refractivity contribution >= 4 is 5.97 Å². The van der Waals surface area contributed by atoms with Crippen molar-refractivity contribution < 1.29 is 9.53 Å². The Labute approximate surface area is 91.7 Å². The second-order valence-corrected chi connectivity index (χ2v) is 2.08. The summed E-state index contributed by atoms with van der Waals surface area (Å²) in [4.78, 5) is 10.2. The van der Waals surface area contributed by atoms with Gasteiger partial charge in [0.05, 0.1) is 13.2 Å². The maximum absolute atomic E-state index is 10.2. The molecule has 0 aromatic carbocycles. The highest BCUT2D eigenvalue weighted by Gasteiger charge is 1.95. The first-order valence-electron chi connectivity index (χ1n) is 3.99. The van der Waals surface area contributed by atoms with Crippen LogP contribution in [-0.4, -0.2) is 13.1 Å². The van der Waals surface area contributed by atoms with Crippen LogP contribution < -0.4 is 0 Å². The summed E-state index contributed by atoms with van der Waals surface area (Å²) in [6.45, 7) is 14.8. The van der Waals surface area contributed by atoms with Gasteiger partial charge in [0.2, 0.25) is 0 Å². The van der Waals surface area contributed by atoms with Crippen LogP contribution in [0.1, 0.15) is 6.92 Å². The van der Waals surface area contributed by atoms with Gasteiger partial charge in [0.1, 0.15) is 0 Å². The van der Waals surface area contributed by atoms with E-state index in [-0.39, 0.29) is 5.97 Å². The highest BCUT2D eigenvalue weighted by atomic mass is 16.5. The largest absolute Gasteiger partial charge is 0.466 e. The number of hydrogen-bond donors (Lipinski definition) is 0. The number of nitriles is 1. The molecule has 0 aliphatic carbocycles. The lowest BCUT2D eigenvalue weighted by atomic mass is 10.4. The van der Waals surface area contributed by atoms with Gasteiger partial charge in [-0.1, -0.05) is 38.5 Å². The lowest BCUT2D eigenvalue weighted by molar-refractivity contribution is -0.136. The second-order valence-electron chi connectivity index (χ2n) is 2.08. The lowest BCUT2D eigenvalue weighted by Crippen LogP contribution is -1.98. The molecule has 0 radical (unpaired) electrons. The fourth-order valence-corrected chi connectivity index (χ4v) is 0.174. The van der Waals surface area contributed by atoms with E-state index in [2.05, 4.69) is 31.1 Å². The fraction of sp³-hybridized carbons (Fsp3) is 0.167. The van der Waals surface area contributed by atoms with Crippen molar-refractivity contribution in [3.05, 3.63) is 50.1 Å². The van der Waals surface area contributed by atoms with Gasteiger partial charge in [-0.25, -0.2) is 4.79 Å². The van der Waals surface area contributed by atoms with Crippen molar-refractivity contribution in [2.45, 2.75) is 6.92 Å². The molecule has 3 heteroatoms. The van der Waals surface area contributed by atoms with Crippen molar-refractivity contribution in [2.75, 3.05) is 7.11 Å². The molecule has 0 aromatic rings. The van der Waals surface area contributed by atoms with E-state index in [1.807, 2.05) is 0 Å². The topological polar surface area (TPSA) is 50.1 Å². The lowest BCUT2D eigenvalue weighted by Gasteiger charge is -1.91. The monoisotopic (exact) mass is 207 g/mol. The third-order valence-corrected chi connectivity index (χ3v) is 0.792. The van der Waals surface area contributed by atoms with Crippen LogP contribution >= 0.6 is 0 Å². The van der Waals surface area contributed by atoms with Gasteiger partial charge in [-0.15, -0.1) is 0 Å². The van der Waals surface area contributed by atoms with Crippen LogP contribution in [0.3, 0.4) is 0 Å². The third-order valence-electron chi connectivity index (χ3n) is 0.792. The predicted octanol–water partition coefficient (Wildman–Crippen LogP) is 2.79. The molecule has 0 fully saturated rings. The Bertz CT molecular complexity index is 253. The van der Waals surface area contributed by atoms with Crippen LogP contribution in [0.25, 0.3) is 0 Å². The molecule has 0 aromatic heterocycles. The van der Waals surface area contributed by atoms with Crippen LogP contribution in [0, 0.1) is 11.3 Å². The molecule has 0 aliphatic rings. The van der Waals surface area contributed by atoms with Gasteiger partial charge in [0.25, 0.3) is 0 Å². The Kier molecular flexibility index (Phi) is 22.2. The number of carbonyl (C=O) groups is 1. The standard InChI is InChI=1S/C5H8O2.C4H6.C3H3N/c1-4(2)5(6)7-3;1-3-4-2;1-2-3-4/h1H2,2-3H3;3-4H,1-2H2;2H,1H2. The van der Waals surface area contributed by atoms with E-state index in [0.717, 1.165) is 0 Å². The molecule has 3 nitrogen and oxygen atoms in total. The number of methoxy groups -OCH3 is 1. The summed E-state index contributed by atoms with van der Waals surface area (Å²) in [6, 6.07) is 1.69. The summed E-state index contributed by atoms with van der Waals surface area (Å²) >= 11 is 0. The first-order valence-corrected chi connectivity index (χ1v) is 3.99. The van der Waals surface area contributed by atoms with Crippen molar-refractivity contribution in [1.82, 2.24) is 0 Å². The molecule has 0 atom stereocenters. The number of rotatable bonds is 2. The maximum atomic E-state index is 10.2. The first kappa shape index (κ1) is 18.7. The summed E-state index contributed by atoms with van der Waals surface area (Å²) in [6.07, 6.45) is 4.46. The molecular formula is C12H17NO2. The summed E-state index contributed by atoms with van der Waals surface area (Å²) in [7, 11) is 1.33. The molecule has 82 valence electrons. The Morgan fingerprint density at radius 2 is 1.67 bits per heavy atom. The minimum absolute atomic E-state index is 0.347. The average molecular weight is 207 g/mol. The molecule has 0 N–H and O–H groups in total. The molecule has 0 saturated heterocycles. The van der Waals surface area contributed by atoms with E-state index in [0.29, 0.717) is 5.57 Å². The van der Waals surface area contributed by atoms with E-state index >= 15 is 0 Å². The molecule has 15 heavy (non-hydrogen) atoms. The van der Waals surface area contributed by atoms with Crippen LogP contribution in [0.15, 0.2) is 50.1 Å². The number of allylic oxidation sites excluding steroid dienone is 3. The number of esters is 1. The SMILES string of the molecule is C=C(C)C(=O)OC.C=CC#N.C=CC=C. The molecule has 0 heterocycles. The normalized spacial score (nSPS) is 5.93. The van der Waals surface area contributed by atoms with Gasteiger partial charge in [-0.05, 0) is 6.92 Å². The van der Waals surface area contributed by atoms with Gasteiger partial charge in [-0.2, -0.15) is 5.26 Å². The predicted molar refractivity (Wildman–Crippen MR) is 63.0 cm³/mol. The minimum Gasteiger partial charge on any atom is -0.466 e. The molecule has 0 spiro atoms. The van der Waals surface area contributed by atoms with Crippen molar-refractivity contribution in [2.24, 2.45) is 0 Å². The van der Waals surface area contributed by atoms with Crippen LogP contribution in [-0.2, 0) is 9.53 Å². The molecule has 0 rings (SSSR count). The summed E-state index contributed by atoms with van der Waals surface area (Å²) in [5.74, 6) is -0.347. The van der Waals surface area contributed by atoms with Crippen LogP contribution in [0.5, 0.6) is 0 Å².